The number of rotatable bonds is 5. The van der Waals surface area contributed by atoms with Gasteiger partial charge in [-0.05, 0) is 80.1 Å². The van der Waals surface area contributed by atoms with E-state index in [-0.39, 0.29) is 5.91 Å². The molecule has 0 saturated carbocycles. The van der Waals surface area contributed by atoms with Gasteiger partial charge < -0.3 is 14.5 Å². The molecule has 2 aromatic carbocycles. The first-order valence-corrected chi connectivity index (χ1v) is 8.37. The van der Waals surface area contributed by atoms with Gasteiger partial charge in [-0.3, -0.25) is 4.79 Å². The summed E-state index contributed by atoms with van der Waals surface area (Å²) in [6, 6.07) is 18.0. The Morgan fingerprint density at radius 3 is 2.44 bits per heavy atom. The lowest BCUT2D eigenvalue weighted by molar-refractivity contribution is -0.111. The zero-order valence-electron chi connectivity index (χ0n) is 15.0. The van der Waals surface area contributed by atoms with Gasteiger partial charge in [-0.25, -0.2) is 0 Å². The van der Waals surface area contributed by atoms with Crippen molar-refractivity contribution < 1.29 is 13.9 Å². The molecule has 0 bridgehead atoms. The van der Waals surface area contributed by atoms with Gasteiger partial charge in [0.2, 0.25) is 5.91 Å². The van der Waals surface area contributed by atoms with Crippen molar-refractivity contribution in [2.45, 2.75) is 13.8 Å². The fraction of sp³-hybridized carbons (Fsp3) is 0.0909. The first-order chi connectivity index (χ1) is 13.0. The van der Waals surface area contributed by atoms with E-state index >= 15 is 0 Å². The summed E-state index contributed by atoms with van der Waals surface area (Å²) in [5, 5.41) is 11.7. The quantitative estimate of drug-likeness (QED) is 0.635. The van der Waals surface area contributed by atoms with E-state index in [9.17, 15) is 4.79 Å². The summed E-state index contributed by atoms with van der Waals surface area (Å²) in [7, 11) is 0. The van der Waals surface area contributed by atoms with Crippen molar-refractivity contribution in [3.05, 3.63) is 83.3 Å². The van der Waals surface area contributed by atoms with Crippen LogP contribution in [0, 0.1) is 25.2 Å². The average Bonchev–Trinajstić information content (AvgIpc) is 3.08. The molecule has 3 rings (SSSR count). The second-order valence-corrected chi connectivity index (χ2v) is 5.99. The first-order valence-electron chi connectivity index (χ1n) is 8.37. The number of nitrogens with one attached hydrogen (secondary N) is 1. The molecule has 0 spiro atoms. The fourth-order valence-corrected chi connectivity index (χ4v) is 2.45. The fourth-order valence-electron chi connectivity index (χ4n) is 2.45. The van der Waals surface area contributed by atoms with Gasteiger partial charge >= 0.3 is 0 Å². The molecular formula is C22H18N2O3. The molecule has 1 aromatic heterocycles. The smallest absolute Gasteiger partial charge is 0.248 e. The van der Waals surface area contributed by atoms with Gasteiger partial charge in [0.05, 0.1) is 11.6 Å². The number of anilines is 1. The summed E-state index contributed by atoms with van der Waals surface area (Å²) >= 11 is 0. The molecule has 1 heterocycles. The summed E-state index contributed by atoms with van der Waals surface area (Å²) < 4.78 is 11.2. The minimum Gasteiger partial charge on any atom is -0.462 e. The Balaban J connectivity index is 1.64. The summed E-state index contributed by atoms with van der Waals surface area (Å²) in [5.41, 5.74) is 2.15. The van der Waals surface area contributed by atoms with Gasteiger partial charge in [0, 0.05) is 11.8 Å². The number of carbonyl (C=O) groups excluding carboxylic acids is 1. The topological polar surface area (TPSA) is 75.3 Å². The van der Waals surface area contributed by atoms with E-state index in [1.807, 2.05) is 26.0 Å². The van der Waals surface area contributed by atoms with Gasteiger partial charge in [0.1, 0.15) is 23.0 Å². The molecule has 5 heteroatoms. The van der Waals surface area contributed by atoms with Crippen molar-refractivity contribution >= 4 is 17.7 Å². The molecule has 0 aliphatic carbocycles. The zero-order valence-corrected chi connectivity index (χ0v) is 15.0. The molecule has 0 saturated heterocycles. The van der Waals surface area contributed by atoms with Gasteiger partial charge in [0.25, 0.3) is 0 Å². The number of nitriles is 1. The Hall–Kier alpha value is -3.78. The second-order valence-electron chi connectivity index (χ2n) is 5.99. The van der Waals surface area contributed by atoms with Crippen LogP contribution in [0.1, 0.15) is 22.6 Å². The van der Waals surface area contributed by atoms with E-state index in [4.69, 9.17) is 14.4 Å². The molecular weight excluding hydrogens is 340 g/mol. The van der Waals surface area contributed by atoms with Crippen molar-refractivity contribution in [3.63, 3.8) is 0 Å². The highest BCUT2D eigenvalue weighted by Crippen LogP contribution is 2.26. The lowest BCUT2D eigenvalue weighted by Gasteiger charge is -2.10. The van der Waals surface area contributed by atoms with Crippen LogP contribution < -0.4 is 10.1 Å². The summed E-state index contributed by atoms with van der Waals surface area (Å²) in [5.74, 6) is 2.47. The van der Waals surface area contributed by atoms with Gasteiger partial charge in [-0.2, -0.15) is 5.26 Å². The van der Waals surface area contributed by atoms with E-state index in [1.54, 1.807) is 48.5 Å². The SMILES string of the molecule is Cc1ccc(/C=C/C(=O)Nc2ccc(Oc3ccc(C#N)cc3)cc2C)o1. The number of hydrogen-bond donors (Lipinski definition) is 1. The second kappa shape index (κ2) is 8.07. The summed E-state index contributed by atoms with van der Waals surface area (Å²) in [4.78, 5) is 12.1. The van der Waals surface area contributed by atoms with Gasteiger partial charge in [0.15, 0.2) is 0 Å². The molecule has 0 fully saturated rings. The molecule has 0 radical (unpaired) electrons. The third-order valence-corrected chi connectivity index (χ3v) is 3.83. The summed E-state index contributed by atoms with van der Waals surface area (Å²) in [6.07, 6.45) is 3.05. The van der Waals surface area contributed by atoms with E-state index in [0.29, 0.717) is 28.5 Å². The van der Waals surface area contributed by atoms with Gasteiger partial charge in [-0.15, -0.1) is 0 Å². The van der Waals surface area contributed by atoms with Crippen molar-refractivity contribution in [1.82, 2.24) is 0 Å². The third-order valence-electron chi connectivity index (χ3n) is 3.83. The van der Waals surface area contributed by atoms with Crippen LogP contribution in [0.2, 0.25) is 0 Å². The molecule has 134 valence electrons. The maximum Gasteiger partial charge on any atom is 0.248 e. The Morgan fingerprint density at radius 2 is 1.81 bits per heavy atom. The number of benzene rings is 2. The van der Waals surface area contributed by atoms with Crippen molar-refractivity contribution in [2.24, 2.45) is 0 Å². The van der Waals surface area contributed by atoms with Crippen molar-refractivity contribution in [2.75, 3.05) is 5.32 Å². The predicted octanol–water partition coefficient (Wildman–Crippen LogP) is 5.21. The van der Waals surface area contributed by atoms with E-state index < -0.39 is 0 Å². The average molecular weight is 358 g/mol. The van der Waals surface area contributed by atoms with Crippen molar-refractivity contribution in [1.29, 1.82) is 5.26 Å². The minimum absolute atomic E-state index is 0.243. The van der Waals surface area contributed by atoms with Crippen LogP contribution in [-0.2, 0) is 4.79 Å². The number of nitrogens with zero attached hydrogens (tertiary/aromatic N) is 1. The highest BCUT2D eigenvalue weighted by Gasteiger charge is 2.05. The number of amides is 1. The number of hydrogen-bond acceptors (Lipinski definition) is 4. The number of ether oxygens (including phenoxy) is 1. The summed E-state index contributed by atoms with van der Waals surface area (Å²) in [6.45, 7) is 3.74. The van der Waals surface area contributed by atoms with Crippen LogP contribution in [0.5, 0.6) is 11.5 Å². The molecule has 1 amide bonds. The minimum atomic E-state index is -0.243. The Bertz CT molecular complexity index is 1020. The lowest BCUT2D eigenvalue weighted by atomic mass is 10.2. The lowest BCUT2D eigenvalue weighted by Crippen LogP contribution is -2.08. The molecule has 1 N–H and O–H groups in total. The zero-order chi connectivity index (χ0) is 19.2. The maximum atomic E-state index is 12.1. The maximum absolute atomic E-state index is 12.1. The van der Waals surface area contributed by atoms with E-state index in [2.05, 4.69) is 11.4 Å². The molecule has 3 aromatic rings. The van der Waals surface area contributed by atoms with Crippen LogP contribution in [0.3, 0.4) is 0 Å². The van der Waals surface area contributed by atoms with Crippen LogP contribution in [-0.4, -0.2) is 5.91 Å². The largest absolute Gasteiger partial charge is 0.462 e. The molecule has 0 atom stereocenters. The first kappa shape index (κ1) is 18.0. The third kappa shape index (κ3) is 4.86. The Morgan fingerprint density at radius 1 is 1.07 bits per heavy atom. The Kier molecular flexibility index (Phi) is 5.38. The number of aryl methyl sites for hydroxylation is 2. The molecule has 5 nitrogen and oxygen atoms in total. The van der Waals surface area contributed by atoms with Gasteiger partial charge in [-0.1, -0.05) is 0 Å². The number of carbonyl (C=O) groups is 1. The van der Waals surface area contributed by atoms with E-state index in [1.165, 1.54) is 6.08 Å². The van der Waals surface area contributed by atoms with E-state index in [0.717, 1.165) is 11.3 Å². The monoisotopic (exact) mass is 358 g/mol. The van der Waals surface area contributed by atoms with Crippen LogP contribution in [0.4, 0.5) is 5.69 Å². The molecule has 0 aliphatic heterocycles. The van der Waals surface area contributed by atoms with Crippen LogP contribution in [0.15, 0.2) is 65.1 Å². The Labute approximate surface area is 157 Å². The van der Waals surface area contributed by atoms with Crippen LogP contribution >= 0.6 is 0 Å². The highest BCUT2D eigenvalue weighted by atomic mass is 16.5. The standard InChI is InChI=1S/C22H18N2O3/c1-15-13-20(27-19-7-4-17(14-23)5-8-19)9-11-21(15)24-22(25)12-10-18-6-3-16(2)26-18/h3-13H,1-2H3,(H,24,25)/b12-10+. The molecule has 27 heavy (non-hydrogen) atoms. The predicted molar refractivity (Wildman–Crippen MR) is 104 cm³/mol. The van der Waals surface area contributed by atoms with Crippen molar-refractivity contribution in [3.8, 4) is 17.6 Å². The highest BCUT2D eigenvalue weighted by molar-refractivity contribution is 6.02. The van der Waals surface area contributed by atoms with Crippen LogP contribution in [0.25, 0.3) is 6.08 Å². The molecule has 0 aliphatic rings. The molecule has 0 unspecified atom stereocenters. The normalized spacial score (nSPS) is 10.6. The number of furan rings is 1.